The van der Waals surface area contributed by atoms with Crippen LogP contribution in [0, 0.1) is 5.92 Å². The fraction of sp³-hybridized carbons (Fsp3) is 0.857. The summed E-state index contributed by atoms with van der Waals surface area (Å²) in [6.07, 6.45) is 3.20. The van der Waals surface area contributed by atoms with E-state index < -0.39 is 12.0 Å². The van der Waals surface area contributed by atoms with Gasteiger partial charge in [0, 0.05) is 25.4 Å². The van der Waals surface area contributed by atoms with Crippen LogP contribution < -0.4 is 0 Å². The van der Waals surface area contributed by atoms with E-state index in [0.29, 0.717) is 18.2 Å². The number of thioether (sulfide) groups is 1. The summed E-state index contributed by atoms with van der Waals surface area (Å²) in [5.41, 5.74) is 0. The van der Waals surface area contributed by atoms with Crippen LogP contribution in [-0.2, 0) is 4.79 Å². The number of hydrogen-bond donors (Lipinski definition) is 1. The molecule has 2 aliphatic heterocycles. The van der Waals surface area contributed by atoms with Gasteiger partial charge in [-0.05, 0) is 38.8 Å². The van der Waals surface area contributed by atoms with E-state index in [1.54, 1.807) is 16.7 Å². The van der Waals surface area contributed by atoms with Crippen molar-refractivity contribution >= 4 is 23.8 Å². The van der Waals surface area contributed by atoms with Crippen LogP contribution in [0.2, 0.25) is 0 Å². The number of aliphatic carboxylic acids is 1. The van der Waals surface area contributed by atoms with Gasteiger partial charge in [0.05, 0.1) is 5.37 Å². The average molecular weight is 313 g/mol. The third kappa shape index (κ3) is 3.13. The Balaban J connectivity index is 1.74. The number of carbonyl (C=O) groups is 2. The lowest BCUT2D eigenvalue weighted by atomic mass is 10.2. The van der Waals surface area contributed by atoms with Gasteiger partial charge < -0.3 is 14.9 Å². The standard InChI is InChI=1S/C14H23N3O3S/c1-15-5-2-6-16(8-7-15)14(20)17-11(13(18)19)9-21-12(17)10-3-4-10/h10-12H,2-9H2,1H3,(H,18,19). The molecule has 3 fully saturated rings. The van der Waals surface area contributed by atoms with Crippen LogP contribution >= 0.6 is 11.8 Å². The monoisotopic (exact) mass is 313 g/mol. The number of likely N-dealkylation sites (N-methyl/N-ethyl adjacent to an activating group) is 1. The summed E-state index contributed by atoms with van der Waals surface area (Å²) >= 11 is 1.64. The first-order valence-corrected chi connectivity index (χ1v) is 8.73. The predicted octanol–water partition coefficient (Wildman–Crippen LogP) is 0.982. The van der Waals surface area contributed by atoms with Crippen molar-refractivity contribution in [3.8, 4) is 0 Å². The molecule has 1 N–H and O–H groups in total. The highest BCUT2D eigenvalue weighted by atomic mass is 32.2. The zero-order valence-electron chi connectivity index (χ0n) is 12.4. The van der Waals surface area contributed by atoms with Gasteiger partial charge in [-0.3, -0.25) is 4.90 Å². The maximum atomic E-state index is 12.9. The first-order chi connectivity index (χ1) is 10.1. The first-order valence-electron chi connectivity index (χ1n) is 7.68. The lowest BCUT2D eigenvalue weighted by Gasteiger charge is -2.33. The third-order valence-corrected chi connectivity index (χ3v) is 6.02. The minimum absolute atomic E-state index is 0.0691. The van der Waals surface area contributed by atoms with E-state index in [-0.39, 0.29) is 11.4 Å². The van der Waals surface area contributed by atoms with Crippen molar-refractivity contribution in [2.45, 2.75) is 30.7 Å². The van der Waals surface area contributed by atoms with Crippen LogP contribution in [0.5, 0.6) is 0 Å². The molecule has 6 nitrogen and oxygen atoms in total. The van der Waals surface area contributed by atoms with Crippen LogP contribution in [-0.4, -0.2) is 82.2 Å². The minimum Gasteiger partial charge on any atom is -0.480 e. The molecular formula is C14H23N3O3S. The highest BCUT2D eigenvalue weighted by Gasteiger charge is 2.49. The van der Waals surface area contributed by atoms with Gasteiger partial charge in [-0.25, -0.2) is 9.59 Å². The quantitative estimate of drug-likeness (QED) is 0.823. The van der Waals surface area contributed by atoms with Crippen LogP contribution in [0.25, 0.3) is 0 Å². The molecule has 3 rings (SSSR count). The van der Waals surface area contributed by atoms with E-state index in [1.165, 1.54) is 0 Å². The summed E-state index contributed by atoms with van der Waals surface area (Å²) in [4.78, 5) is 30.1. The van der Waals surface area contributed by atoms with Crippen LogP contribution in [0.3, 0.4) is 0 Å². The minimum atomic E-state index is -0.870. The van der Waals surface area contributed by atoms with Crippen molar-refractivity contribution in [1.29, 1.82) is 0 Å². The molecule has 21 heavy (non-hydrogen) atoms. The summed E-state index contributed by atoms with van der Waals surface area (Å²) in [6, 6.07) is -0.728. The first kappa shape index (κ1) is 15.0. The number of carboxylic acid groups (broad SMARTS) is 1. The van der Waals surface area contributed by atoms with Crippen LogP contribution in [0.15, 0.2) is 0 Å². The van der Waals surface area contributed by atoms with E-state index >= 15 is 0 Å². The molecule has 0 aromatic carbocycles. The van der Waals surface area contributed by atoms with E-state index in [4.69, 9.17) is 0 Å². The molecule has 2 atom stereocenters. The summed E-state index contributed by atoms with van der Waals surface area (Å²) in [6.45, 7) is 3.28. The van der Waals surface area contributed by atoms with Crippen molar-refractivity contribution in [3.63, 3.8) is 0 Å². The molecule has 2 amide bonds. The molecule has 1 saturated carbocycles. The predicted molar refractivity (Wildman–Crippen MR) is 81.3 cm³/mol. The van der Waals surface area contributed by atoms with Crippen LogP contribution in [0.4, 0.5) is 4.79 Å². The van der Waals surface area contributed by atoms with Crippen LogP contribution in [0.1, 0.15) is 19.3 Å². The van der Waals surface area contributed by atoms with Crippen molar-refractivity contribution in [2.24, 2.45) is 5.92 Å². The second kappa shape index (κ2) is 6.04. The molecule has 118 valence electrons. The van der Waals surface area contributed by atoms with Gasteiger partial charge >= 0.3 is 12.0 Å². The van der Waals surface area contributed by atoms with Gasteiger partial charge in [-0.2, -0.15) is 0 Å². The molecule has 7 heteroatoms. The lowest BCUT2D eigenvalue weighted by Crippen LogP contribution is -2.52. The second-order valence-electron chi connectivity index (χ2n) is 6.25. The van der Waals surface area contributed by atoms with Gasteiger partial charge in [-0.1, -0.05) is 0 Å². The summed E-state index contributed by atoms with van der Waals surface area (Å²) in [7, 11) is 2.06. The topological polar surface area (TPSA) is 64.1 Å². The Kier molecular flexibility index (Phi) is 4.31. The Hall–Kier alpha value is -0.950. The fourth-order valence-corrected chi connectivity index (χ4v) is 4.73. The van der Waals surface area contributed by atoms with E-state index in [2.05, 4.69) is 11.9 Å². The van der Waals surface area contributed by atoms with Gasteiger partial charge in [0.2, 0.25) is 0 Å². The van der Waals surface area contributed by atoms with Gasteiger partial charge in [-0.15, -0.1) is 11.8 Å². The molecule has 0 spiro atoms. The number of nitrogens with zero attached hydrogens (tertiary/aromatic N) is 3. The van der Waals surface area contributed by atoms with E-state index in [9.17, 15) is 14.7 Å². The Labute approximate surface area is 129 Å². The number of amides is 2. The summed E-state index contributed by atoms with van der Waals surface area (Å²) in [5.74, 6) is 0.152. The number of hydrogen-bond acceptors (Lipinski definition) is 4. The molecule has 3 aliphatic rings. The van der Waals surface area contributed by atoms with Crippen molar-refractivity contribution in [3.05, 3.63) is 0 Å². The molecule has 0 radical (unpaired) electrons. The van der Waals surface area contributed by atoms with Gasteiger partial charge in [0.15, 0.2) is 0 Å². The summed E-state index contributed by atoms with van der Waals surface area (Å²) in [5, 5.41) is 9.48. The number of carbonyl (C=O) groups excluding carboxylic acids is 1. The SMILES string of the molecule is CN1CCCN(C(=O)N2C(C(=O)O)CSC2C2CC2)CC1. The largest absolute Gasteiger partial charge is 0.480 e. The van der Waals surface area contributed by atoms with Gasteiger partial charge in [0.25, 0.3) is 0 Å². The Morgan fingerprint density at radius 1 is 1.14 bits per heavy atom. The normalized spacial score (nSPS) is 31.3. The molecule has 1 aliphatic carbocycles. The molecule has 2 unspecified atom stereocenters. The van der Waals surface area contributed by atoms with Crippen molar-refractivity contribution in [2.75, 3.05) is 39.0 Å². The second-order valence-corrected chi connectivity index (χ2v) is 7.40. The molecule has 0 aromatic rings. The summed E-state index contributed by atoms with van der Waals surface area (Å²) < 4.78 is 0. The molecule has 2 saturated heterocycles. The Bertz CT molecular complexity index is 430. The molecular weight excluding hydrogens is 290 g/mol. The molecule has 0 bridgehead atoms. The average Bonchev–Trinajstić information content (AvgIpc) is 3.22. The number of carboxylic acids is 1. The molecule has 0 aromatic heterocycles. The van der Waals surface area contributed by atoms with Gasteiger partial charge in [0.1, 0.15) is 6.04 Å². The fourth-order valence-electron chi connectivity index (χ4n) is 3.11. The number of rotatable bonds is 2. The Morgan fingerprint density at radius 3 is 2.57 bits per heavy atom. The number of urea groups is 1. The maximum absolute atomic E-state index is 12.9. The van der Waals surface area contributed by atoms with Crippen molar-refractivity contribution in [1.82, 2.24) is 14.7 Å². The third-order valence-electron chi connectivity index (χ3n) is 4.56. The van der Waals surface area contributed by atoms with E-state index in [0.717, 1.165) is 38.9 Å². The van der Waals surface area contributed by atoms with Crippen molar-refractivity contribution < 1.29 is 14.7 Å². The zero-order chi connectivity index (χ0) is 15.0. The maximum Gasteiger partial charge on any atom is 0.327 e. The highest BCUT2D eigenvalue weighted by Crippen LogP contribution is 2.45. The lowest BCUT2D eigenvalue weighted by molar-refractivity contribution is -0.141. The molecule has 2 heterocycles. The Morgan fingerprint density at radius 2 is 1.90 bits per heavy atom. The smallest absolute Gasteiger partial charge is 0.327 e. The zero-order valence-corrected chi connectivity index (χ0v) is 13.2. The highest BCUT2D eigenvalue weighted by molar-refractivity contribution is 8.00. The van der Waals surface area contributed by atoms with E-state index in [1.807, 2.05) is 4.90 Å².